The third-order valence-corrected chi connectivity index (χ3v) is 5.69. The van der Waals surface area contributed by atoms with Gasteiger partial charge in [0.15, 0.2) is 5.58 Å². The number of oxazole rings is 1. The molecule has 1 amide bonds. The van der Waals surface area contributed by atoms with E-state index in [-0.39, 0.29) is 17.9 Å². The molecule has 2 aliphatic heterocycles. The Morgan fingerprint density at radius 1 is 1.04 bits per heavy atom. The molecule has 2 aliphatic rings. The summed E-state index contributed by atoms with van der Waals surface area (Å²) in [6.07, 6.45) is 2.41. The quantitative estimate of drug-likeness (QED) is 0.754. The molecule has 1 fully saturated rings. The lowest BCUT2D eigenvalue weighted by molar-refractivity contribution is -0.126. The van der Waals surface area contributed by atoms with Crippen LogP contribution in [0, 0.1) is 5.92 Å². The molecule has 6 nitrogen and oxygen atoms in total. The van der Waals surface area contributed by atoms with Crippen LogP contribution >= 0.6 is 0 Å². The number of rotatable bonds is 3. The van der Waals surface area contributed by atoms with Gasteiger partial charge in [-0.05, 0) is 31.0 Å². The number of anilines is 1. The lowest BCUT2D eigenvalue weighted by atomic mass is 9.94. The molecule has 0 saturated carbocycles. The van der Waals surface area contributed by atoms with Gasteiger partial charge >= 0.3 is 0 Å². The third kappa shape index (κ3) is 3.19. The summed E-state index contributed by atoms with van der Waals surface area (Å²) in [6, 6.07) is 16.4. The fraction of sp³-hybridized carbons (Fsp3) is 0.364. The summed E-state index contributed by atoms with van der Waals surface area (Å²) >= 11 is 0. The Hall–Kier alpha value is -3.02. The molecular formula is C22H23N3O3. The van der Waals surface area contributed by atoms with Gasteiger partial charge in [0.25, 0.3) is 6.01 Å². The van der Waals surface area contributed by atoms with Crippen LogP contribution in [-0.4, -0.2) is 30.6 Å². The molecule has 2 aromatic carbocycles. The fourth-order valence-corrected chi connectivity index (χ4v) is 4.11. The monoisotopic (exact) mass is 377 g/mol. The highest BCUT2D eigenvalue weighted by Gasteiger charge is 2.30. The molecule has 1 atom stereocenters. The highest BCUT2D eigenvalue weighted by molar-refractivity contribution is 5.80. The summed E-state index contributed by atoms with van der Waals surface area (Å²) in [5, 5.41) is 3.24. The Morgan fingerprint density at radius 2 is 1.82 bits per heavy atom. The second-order valence-electron chi connectivity index (χ2n) is 7.46. The van der Waals surface area contributed by atoms with Gasteiger partial charge in [-0.3, -0.25) is 4.79 Å². The Morgan fingerprint density at radius 3 is 2.68 bits per heavy atom. The molecule has 0 bridgehead atoms. The van der Waals surface area contributed by atoms with E-state index >= 15 is 0 Å². The molecule has 6 heteroatoms. The van der Waals surface area contributed by atoms with E-state index in [1.807, 2.05) is 48.5 Å². The molecule has 0 radical (unpaired) electrons. The summed E-state index contributed by atoms with van der Waals surface area (Å²) < 4.78 is 11.6. The van der Waals surface area contributed by atoms with Crippen LogP contribution < -0.4 is 15.0 Å². The topological polar surface area (TPSA) is 67.6 Å². The largest absolute Gasteiger partial charge is 0.493 e. The third-order valence-electron chi connectivity index (χ3n) is 5.69. The van der Waals surface area contributed by atoms with Crippen molar-refractivity contribution >= 4 is 23.0 Å². The first-order chi connectivity index (χ1) is 13.8. The van der Waals surface area contributed by atoms with Crippen LogP contribution in [0.3, 0.4) is 0 Å². The van der Waals surface area contributed by atoms with Crippen LogP contribution in [0.25, 0.3) is 11.1 Å². The van der Waals surface area contributed by atoms with Crippen molar-refractivity contribution in [3.63, 3.8) is 0 Å². The smallest absolute Gasteiger partial charge is 0.298 e. The predicted molar refractivity (Wildman–Crippen MR) is 106 cm³/mol. The number of hydrogen-bond acceptors (Lipinski definition) is 5. The number of aromatic nitrogens is 1. The fourth-order valence-electron chi connectivity index (χ4n) is 4.11. The molecule has 0 spiro atoms. The zero-order valence-corrected chi connectivity index (χ0v) is 15.6. The molecule has 3 aromatic rings. The number of fused-ring (bicyclic) bond motifs is 2. The number of carbonyl (C=O) groups excluding carboxylic acids is 1. The lowest BCUT2D eigenvalue weighted by Gasteiger charge is -2.32. The number of nitrogens with one attached hydrogen (secondary N) is 1. The van der Waals surface area contributed by atoms with E-state index in [0.29, 0.717) is 12.6 Å². The number of para-hydroxylation sites is 3. The van der Waals surface area contributed by atoms with E-state index in [4.69, 9.17) is 9.15 Å². The minimum absolute atomic E-state index is 0.0237. The van der Waals surface area contributed by atoms with E-state index in [2.05, 4.69) is 15.2 Å². The SMILES string of the molecule is O=C(N[C@H]1CCOc2ccccc21)C1CCN(c2nc3ccccc3o2)CC1. The van der Waals surface area contributed by atoms with Gasteiger partial charge in [0.05, 0.1) is 12.6 Å². The molecule has 0 unspecified atom stereocenters. The van der Waals surface area contributed by atoms with Gasteiger partial charge in [0, 0.05) is 31.0 Å². The molecule has 3 heterocycles. The van der Waals surface area contributed by atoms with Crippen LogP contribution in [0.2, 0.25) is 0 Å². The van der Waals surface area contributed by atoms with E-state index in [9.17, 15) is 4.79 Å². The van der Waals surface area contributed by atoms with Gasteiger partial charge in [-0.15, -0.1) is 0 Å². The van der Waals surface area contributed by atoms with Gasteiger partial charge in [-0.1, -0.05) is 30.3 Å². The number of nitrogens with zero attached hydrogens (tertiary/aromatic N) is 2. The zero-order valence-electron chi connectivity index (χ0n) is 15.6. The van der Waals surface area contributed by atoms with Crippen molar-refractivity contribution in [2.75, 3.05) is 24.6 Å². The summed E-state index contributed by atoms with van der Waals surface area (Å²) in [7, 11) is 0. The Labute approximate surface area is 163 Å². The van der Waals surface area contributed by atoms with E-state index in [1.165, 1.54) is 0 Å². The molecule has 28 heavy (non-hydrogen) atoms. The lowest BCUT2D eigenvalue weighted by Crippen LogP contribution is -2.42. The Balaban J connectivity index is 1.22. The normalized spacial score (nSPS) is 19.9. The molecule has 1 aromatic heterocycles. The number of ether oxygens (including phenoxy) is 1. The standard InChI is InChI=1S/C22H23N3O3/c26-21(23-17-11-14-27-19-7-3-1-5-16(17)19)15-9-12-25(13-10-15)22-24-18-6-2-4-8-20(18)28-22/h1-8,15,17H,9-14H2,(H,23,26)/t17-/m0/s1. The van der Waals surface area contributed by atoms with Gasteiger partial charge in [-0.25, -0.2) is 0 Å². The minimum Gasteiger partial charge on any atom is -0.493 e. The molecule has 1 N–H and O–H groups in total. The van der Waals surface area contributed by atoms with E-state index < -0.39 is 0 Å². The minimum atomic E-state index is 0.0237. The molecular weight excluding hydrogens is 354 g/mol. The van der Waals surface area contributed by atoms with Crippen LogP contribution in [0.1, 0.15) is 30.9 Å². The predicted octanol–water partition coefficient (Wildman–Crippen LogP) is 3.68. The van der Waals surface area contributed by atoms with Crippen LogP contribution in [0.5, 0.6) is 5.75 Å². The summed E-state index contributed by atoms with van der Waals surface area (Å²) in [5.41, 5.74) is 2.75. The first kappa shape index (κ1) is 17.1. The van der Waals surface area contributed by atoms with Crippen molar-refractivity contribution in [1.29, 1.82) is 0 Å². The van der Waals surface area contributed by atoms with Crippen molar-refractivity contribution in [2.45, 2.75) is 25.3 Å². The number of benzene rings is 2. The molecule has 0 aliphatic carbocycles. The summed E-state index contributed by atoms with van der Waals surface area (Å²) in [6.45, 7) is 2.18. The molecule has 5 rings (SSSR count). The van der Waals surface area contributed by atoms with E-state index in [1.54, 1.807) is 0 Å². The number of hydrogen-bond donors (Lipinski definition) is 1. The first-order valence-corrected chi connectivity index (χ1v) is 9.90. The second kappa shape index (κ2) is 7.19. The molecule has 144 valence electrons. The van der Waals surface area contributed by atoms with Crippen molar-refractivity contribution < 1.29 is 13.9 Å². The maximum Gasteiger partial charge on any atom is 0.298 e. The Kier molecular flexibility index (Phi) is 4.39. The van der Waals surface area contributed by atoms with Gasteiger partial charge in [-0.2, -0.15) is 4.98 Å². The highest BCUT2D eigenvalue weighted by Crippen LogP contribution is 2.32. The summed E-state index contributed by atoms with van der Waals surface area (Å²) in [4.78, 5) is 19.6. The maximum absolute atomic E-state index is 12.9. The first-order valence-electron chi connectivity index (χ1n) is 9.90. The van der Waals surface area contributed by atoms with Crippen molar-refractivity contribution in [2.24, 2.45) is 5.92 Å². The second-order valence-corrected chi connectivity index (χ2v) is 7.46. The van der Waals surface area contributed by atoms with Gasteiger partial charge in [0.1, 0.15) is 11.3 Å². The average molecular weight is 377 g/mol. The zero-order chi connectivity index (χ0) is 18.9. The number of carbonyl (C=O) groups is 1. The van der Waals surface area contributed by atoms with Crippen molar-refractivity contribution in [3.05, 3.63) is 54.1 Å². The van der Waals surface area contributed by atoms with Crippen LogP contribution in [0.4, 0.5) is 6.01 Å². The molecule has 1 saturated heterocycles. The maximum atomic E-state index is 12.9. The van der Waals surface area contributed by atoms with E-state index in [0.717, 1.165) is 54.8 Å². The van der Waals surface area contributed by atoms with Crippen molar-refractivity contribution in [3.8, 4) is 5.75 Å². The van der Waals surface area contributed by atoms with Crippen LogP contribution in [-0.2, 0) is 4.79 Å². The number of amides is 1. The van der Waals surface area contributed by atoms with Crippen molar-refractivity contribution in [1.82, 2.24) is 10.3 Å². The van der Waals surface area contributed by atoms with Crippen LogP contribution in [0.15, 0.2) is 52.9 Å². The average Bonchev–Trinajstić information content (AvgIpc) is 3.18. The Bertz CT molecular complexity index is 958. The van der Waals surface area contributed by atoms with Gasteiger partial charge in [0.2, 0.25) is 5.91 Å². The number of piperidine rings is 1. The summed E-state index contributed by atoms with van der Waals surface area (Å²) in [5.74, 6) is 1.04. The van der Waals surface area contributed by atoms with Gasteiger partial charge < -0.3 is 19.4 Å². The highest BCUT2D eigenvalue weighted by atomic mass is 16.5.